The van der Waals surface area contributed by atoms with Gasteiger partial charge in [-0.1, -0.05) is 25.4 Å². The van der Waals surface area contributed by atoms with Crippen LogP contribution in [0.2, 0.25) is 5.02 Å². The summed E-state index contributed by atoms with van der Waals surface area (Å²) in [4.78, 5) is 27.5. The molecule has 1 aliphatic rings. The van der Waals surface area contributed by atoms with Crippen molar-refractivity contribution in [3.63, 3.8) is 0 Å². The van der Waals surface area contributed by atoms with E-state index in [4.69, 9.17) is 11.6 Å². The lowest BCUT2D eigenvalue weighted by atomic mass is 10.1. The average Bonchev–Trinajstić information content (AvgIpc) is 3.27. The Labute approximate surface area is 177 Å². The number of aryl methyl sites for hydroxylation is 1. The normalized spacial score (nSPS) is 13.9. The number of hydrogen-bond donors (Lipinski definition) is 1. The third-order valence-corrected chi connectivity index (χ3v) is 5.52. The van der Waals surface area contributed by atoms with Crippen LogP contribution in [-0.4, -0.2) is 39.6 Å². The maximum atomic E-state index is 12.9. The van der Waals surface area contributed by atoms with Crippen LogP contribution in [0.1, 0.15) is 54.0 Å². The molecule has 0 unspecified atom stereocenters. The van der Waals surface area contributed by atoms with Crippen LogP contribution in [0.3, 0.4) is 0 Å². The number of hydrogen-bond acceptors (Lipinski definition) is 3. The zero-order valence-electron chi connectivity index (χ0n) is 17.6. The molecule has 0 saturated carbocycles. The first kappa shape index (κ1) is 21.4. The van der Waals surface area contributed by atoms with Crippen LogP contribution in [0.25, 0.3) is 0 Å². The largest absolute Gasteiger partial charge is 0.339 e. The molecule has 1 aliphatic heterocycles. The number of anilines is 1. The molecule has 1 saturated heterocycles. The molecule has 3 rings (SSSR count). The highest BCUT2D eigenvalue weighted by atomic mass is 35.5. The molecule has 0 aliphatic carbocycles. The summed E-state index contributed by atoms with van der Waals surface area (Å²) in [5.74, 6) is 0.221. The number of benzene rings is 1. The molecule has 2 amide bonds. The molecule has 1 aromatic carbocycles. The number of carbonyl (C=O) groups is 2. The molecule has 0 bridgehead atoms. The fourth-order valence-electron chi connectivity index (χ4n) is 3.76. The number of halogens is 1. The van der Waals surface area contributed by atoms with Crippen LogP contribution in [0.5, 0.6) is 0 Å². The summed E-state index contributed by atoms with van der Waals surface area (Å²) in [6, 6.07) is 5.02. The maximum Gasteiger partial charge on any atom is 0.256 e. The van der Waals surface area contributed by atoms with Crippen molar-refractivity contribution in [1.29, 1.82) is 0 Å². The maximum absolute atomic E-state index is 12.9. The number of nitrogens with one attached hydrogen (secondary N) is 1. The van der Waals surface area contributed by atoms with E-state index in [1.165, 1.54) is 0 Å². The number of amides is 2. The van der Waals surface area contributed by atoms with E-state index < -0.39 is 0 Å². The molecule has 0 spiro atoms. The number of carbonyl (C=O) groups excluding carboxylic acids is 2. The molecule has 156 valence electrons. The first-order chi connectivity index (χ1) is 13.8. The number of nitrogens with zero attached hydrogens (tertiary/aromatic N) is 3. The summed E-state index contributed by atoms with van der Waals surface area (Å²) in [7, 11) is 0. The van der Waals surface area contributed by atoms with Gasteiger partial charge in [-0.3, -0.25) is 14.3 Å². The minimum absolute atomic E-state index is 0.0857. The van der Waals surface area contributed by atoms with Crippen molar-refractivity contribution in [2.45, 2.75) is 53.5 Å². The Morgan fingerprint density at radius 3 is 2.55 bits per heavy atom. The minimum Gasteiger partial charge on any atom is -0.339 e. The minimum atomic E-state index is -0.168. The van der Waals surface area contributed by atoms with Gasteiger partial charge in [-0.05, 0) is 50.8 Å². The highest BCUT2D eigenvalue weighted by Crippen LogP contribution is 2.25. The Kier molecular flexibility index (Phi) is 6.63. The average molecular weight is 417 g/mol. The molecule has 2 heterocycles. The Hall–Kier alpha value is -2.34. The molecule has 7 heteroatoms. The van der Waals surface area contributed by atoms with E-state index in [0.29, 0.717) is 22.2 Å². The summed E-state index contributed by atoms with van der Waals surface area (Å²) in [6.45, 7) is 10.5. The second-order valence-electron chi connectivity index (χ2n) is 8.14. The SMILES string of the molecule is Cc1nn(CC(C)C)c(C)c1CC(=O)Nc1ccc(Cl)cc1C(=O)N1CCCC1. The second kappa shape index (κ2) is 8.99. The Balaban J connectivity index is 1.78. The quantitative estimate of drug-likeness (QED) is 0.766. The fraction of sp³-hybridized carbons (Fsp3) is 0.500. The van der Waals surface area contributed by atoms with Crippen molar-refractivity contribution in [2.75, 3.05) is 18.4 Å². The van der Waals surface area contributed by atoms with Gasteiger partial charge < -0.3 is 10.2 Å². The van der Waals surface area contributed by atoms with Crippen molar-refractivity contribution in [3.8, 4) is 0 Å². The van der Waals surface area contributed by atoms with Crippen molar-refractivity contribution in [3.05, 3.63) is 45.7 Å². The van der Waals surface area contributed by atoms with Gasteiger partial charge in [0, 0.05) is 35.9 Å². The van der Waals surface area contributed by atoms with Gasteiger partial charge in [0.1, 0.15) is 0 Å². The standard InChI is InChI=1S/C22H29ClN4O2/c1-14(2)13-27-16(4)18(15(3)25-27)12-21(28)24-20-8-7-17(23)11-19(20)22(29)26-9-5-6-10-26/h7-8,11,14H,5-6,9-10,12-13H2,1-4H3,(H,24,28). The topological polar surface area (TPSA) is 67.2 Å². The van der Waals surface area contributed by atoms with E-state index in [9.17, 15) is 9.59 Å². The molecule has 0 atom stereocenters. The van der Waals surface area contributed by atoms with Gasteiger partial charge in [0.2, 0.25) is 5.91 Å². The highest BCUT2D eigenvalue weighted by Gasteiger charge is 2.23. The predicted molar refractivity (Wildman–Crippen MR) is 115 cm³/mol. The molecule has 1 N–H and O–H groups in total. The Bertz CT molecular complexity index is 914. The van der Waals surface area contributed by atoms with Gasteiger partial charge in [0.05, 0.1) is 23.4 Å². The molecule has 29 heavy (non-hydrogen) atoms. The van der Waals surface area contributed by atoms with Crippen molar-refractivity contribution in [1.82, 2.24) is 14.7 Å². The van der Waals surface area contributed by atoms with Crippen LogP contribution < -0.4 is 5.32 Å². The van der Waals surface area contributed by atoms with Gasteiger partial charge >= 0.3 is 0 Å². The van der Waals surface area contributed by atoms with E-state index in [0.717, 1.165) is 49.4 Å². The Morgan fingerprint density at radius 1 is 1.21 bits per heavy atom. The summed E-state index contributed by atoms with van der Waals surface area (Å²) in [6.07, 6.45) is 2.23. The summed E-state index contributed by atoms with van der Waals surface area (Å²) in [5.41, 5.74) is 3.75. The van der Waals surface area contributed by atoms with E-state index in [-0.39, 0.29) is 18.2 Å². The zero-order valence-corrected chi connectivity index (χ0v) is 18.3. The van der Waals surface area contributed by atoms with Crippen LogP contribution in [-0.2, 0) is 17.8 Å². The van der Waals surface area contributed by atoms with Gasteiger partial charge in [-0.15, -0.1) is 0 Å². The van der Waals surface area contributed by atoms with Crippen LogP contribution in [0.15, 0.2) is 18.2 Å². The third-order valence-electron chi connectivity index (χ3n) is 5.29. The smallest absolute Gasteiger partial charge is 0.256 e. The monoisotopic (exact) mass is 416 g/mol. The number of aromatic nitrogens is 2. The van der Waals surface area contributed by atoms with Crippen molar-refractivity contribution >= 4 is 29.1 Å². The van der Waals surface area contributed by atoms with E-state index >= 15 is 0 Å². The highest BCUT2D eigenvalue weighted by molar-refractivity contribution is 6.31. The lowest BCUT2D eigenvalue weighted by molar-refractivity contribution is -0.115. The molecule has 2 aromatic rings. The van der Waals surface area contributed by atoms with E-state index in [1.54, 1.807) is 18.2 Å². The lowest BCUT2D eigenvalue weighted by Crippen LogP contribution is -2.29. The number of likely N-dealkylation sites (tertiary alicyclic amines) is 1. The van der Waals surface area contributed by atoms with Crippen LogP contribution in [0.4, 0.5) is 5.69 Å². The van der Waals surface area contributed by atoms with E-state index in [2.05, 4.69) is 24.3 Å². The van der Waals surface area contributed by atoms with E-state index in [1.807, 2.05) is 23.4 Å². The molecule has 6 nitrogen and oxygen atoms in total. The first-order valence-electron chi connectivity index (χ1n) is 10.2. The Morgan fingerprint density at radius 2 is 1.90 bits per heavy atom. The molecular formula is C22H29ClN4O2. The van der Waals surface area contributed by atoms with Crippen LogP contribution >= 0.6 is 11.6 Å². The third kappa shape index (κ3) is 4.99. The van der Waals surface area contributed by atoms with Gasteiger partial charge in [0.15, 0.2) is 0 Å². The molecule has 1 aromatic heterocycles. The number of rotatable bonds is 6. The van der Waals surface area contributed by atoms with Gasteiger partial charge in [0.25, 0.3) is 5.91 Å². The van der Waals surface area contributed by atoms with Gasteiger partial charge in [-0.25, -0.2) is 0 Å². The summed E-state index contributed by atoms with van der Waals surface area (Å²) < 4.78 is 1.97. The van der Waals surface area contributed by atoms with Crippen molar-refractivity contribution in [2.24, 2.45) is 5.92 Å². The molecule has 1 fully saturated rings. The summed E-state index contributed by atoms with van der Waals surface area (Å²) >= 11 is 6.13. The molecular weight excluding hydrogens is 388 g/mol. The predicted octanol–water partition coefficient (Wildman–Crippen LogP) is 4.23. The zero-order chi connectivity index (χ0) is 21.1. The summed E-state index contributed by atoms with van der Waals surface area (Å²) in [5, 5.41) is 7.97. The lowest BCUT2D eigenvalue weighted by Gasteiger charge is -2.18. The second-order valence-corrected chi connectivity index (χ2v) is 8.58. The van der Waals surface area contributed by atoms with Gasteiger partial charge in [-0.2, -0.15) is 5.10 Å². The van der Waals surface area contributed by atoms with Crippen LogP contribution in [0, 0.1) is 19.8 Å². The fourth-order valence-corrected chi connectivity index (χ4v) is 3.93. The van der Waals surface area contributed by atoms with Crippen molar-refractivity contribution < 1.29 is 9.59 Å². The molecule has 0 radical (unpaired) electrons. The first-order valence-corrected chi connectivity index (χ1v) is 10.6.